The first-order valence-corrected chi connectivity index (χ1v) is 9.58. The van der Waals surface area contributed by atoms with Crippen LogP contribution in [0.1, 0.15) is 16.1 Å². The zero-order valence-electron chi connectivity index (χ0n) is 15.5. The molecule has 0 bridgehead atoms. The van der Waals surface area contributed by atoms with E-state index >= 15 is 0 Å². The highest BCUT2D eigenvalue weighted by molar-refractivity contribution is 6.33. The van der Waals surface area contributed by atoms with Gasteiger partial charge in [-0.2, -0.15) is 0 Å². The number of aromatic carboxylic acids is 1. The Morgan fingerprint density at radius 2 is 1.83 bits per heavy atom. The molecule has 4 rings (SSSR count). The van der Waals surface area contributed by atoms with Crippen LogP contribution in [-0.2, 0) is 4.74 Å². The lowest BCUT2D eigenvalue weighted by Gasteiger charge is -2.28. The maximum absolute atomic E-state index is 11.1. The summed E-state index contributed by atoms with van der Waals surface area (Å²) in [5, 5.41) is 9.24. The Balaban J connectivity index is 1.45. The van der Waals surface area contributed by atoms with Crippen LogP contribution in [0.2, 0.25) is 5.02 Å². The highest BCUT2D eigenvalue weighted by Gasteiger charge is 2.12. The fourth-order valence-electron chi connectivity index (χ4n) is 3.13. The molecule has 2 aromatic carbocycles. The van der Waals surface area contributed by atoms with Crippen LogP contribution in [0.4, 0.5) is 11.4 Å². The minimum atomic E-state index is -1.06. The van der Waals surface area contributed by atoms with Crippen LogP contribution in [0.5, 0.6) is 0 Å². The van der Waals surface area contributed by atoms with Gasteiger partial charge in [0.1, 0.15) is 11.5 Å². The smallest absolute Gasteiger partial charge is 0.337 e. The van der Waals surface area contributed by atoms with Crippen molar-refractivity contribution in [3.8, 4) is 11.3 Å². The Bertz CT molecular complexity index is 1040. The molecule has 6 nitrogen and oxygen atoms in total. The number of hydrogen-bond donors (Lipinski definition) is 1. The van der Waals surface area contributed by atoms with Crippen molar-refractivity contribution in [2.45, 2.75) is 0 Å². The van der Waals surface area contributed by atoms with Gasteiger partial charge >= 0.3 is 5.97 Å². The van der Waals surface area contributed by atoms with Crippen molar-refractivity contribution in [1.82, 2.24) is 0 Å². The number of ether oxygens (including phenoxy) is 1. The Kier molecular flexibility index (Phi) is 5.64. The van der Waals surface area contributed by atoms with Gasteiger partial charge in [0.15, 0.2) is 0 Å². The van der Waals surface area contributed by atoms with Gasteiger partial charge in [0, 0.05) is 24.3 Å². The van der Waals surface area contributed by atoms with Crippen LogP contribution in [0.3, 0.4) is 0 Å². The van der Waals surface area contributed by atoms with Gasteiger partial charge in [0.2, 0.25) is 0 Å². The Hall–Kier alpha value is -3.09. The van der Waals surface area contributed by atoms with E-state index in [9.17, 15) is 4.79 Å². The van der Waals surface area contributed by atoms with Crippen molar-refractivity contribution in [2.75, 3.05) is 31.2 Å². The molecular weight excluding hydrogens is 392 g/mol. The number of aliphatic imine (C=N–C) groups is 1. The van der Waals surface area contributed by atoms with Crippen molar-refractivity contribution in [3.05, 3.63) is 70.9 Å². The molecule has 0 radical (unpaired) electrons. The standard InChI is InChI=1S/C22H19ClN2O4/c23-20-13-15(1-7-19(20)22(26)27)21-8-6-18(29-21)14-24-16-2-4-17(5-3-16)25-9-11-28-12-10-25/h1-8,13-14H,9-12H2,(H,26,27). The molecular formula is C22H19ClN2O4. The topological polar surface area (TPSA) is 75.3 Å². The van der Waals surface area contributed by atoms with Gasteiger partial charge in [0.25, 0.3) is 0 Å². The van der Waals surface area contributed by atoms with Crippen LogP contribution in [0, 0.1) is 0 Å². The quantitative estimate of drug-likeness (QED) is 0.606. The SMILES string of the molecule is O=C(O)c1ccc(-c2ccc(C=Nc3ccc(N4CCOCC4)cc3)o2)cc1Cl. The molecule has 2 heterocycles. The van der Waals surface area contributed by atoms with Gasteiger partial charge in [-0.05, 0) is 48.5 Å². The summed E-state index contributed by atoms with van der Waals surface area (Å²) in [6, 6.07) is 16.4. The van der Waals surface area contributed by atoms with E-state index in [1.165, 1.54) is 6.07 Å². The van der Waals surface area contributed by atoms with Crippen LogP contribution >= 0.6 is 11.6 Å². The summed E-state index contributed by atoms with van der Waals surface area (Å²) >= 11 is 6.03. The van der Waals surface area contributed by atoms with E-state index < -0.39 is 5.97 Å². The van der Waals surface area contributed by atoms with Gasteiger partial charge in [-0.25, -0.2) is 4.79 Å². The average Bonchev–Trinajstić information content (AvgIpc) is 3.22. The highest BCUT2D eigenvalue weighted by atomic mass is 35.5. The van der Waals surface area contributed by atoms with E-state index in [2.05, 4.69) is 22.0 Å². The van der Waals surface area contributed by atoms with Crippen molar-refractivity contribution in [3.63, 3.8) is 0 Å². The van der Waals surface area contributed by atoms with Crippen LogP contribution in [0.15, 0.2) is 64.0 Å². The van der Waals surface area contributed by atoms with E-state index in [4.69, 9.17) is 25.9 Å². The molecule has 0 aliphatic carbocycles. The molecule has 1 N–H and O–H groups in total. The second-order valence-corrected chi connectivity index (χ2v) is 6.98. The lowest BCUT2D eigenvalue weighted by molar-refractivity contribution is 0.0697. The zero-order valence-corrected chi connectivity index (χ0v) is 16.3. The molecule has 0 saturated carbocycles. The lowest BCUT2D eigenvalue weighted by Crippen LogP contribution is -2.36. The minimum Gasteiger partial charge on any atom is -0.478 e. The number of halogens is 1. The first-order valence-electron chi connectivity index (χ1n) is 9.20. The largest absolute Gasteiger partial charge is 0.478 e. The minimum absolute atomic E-state index is 0.0595. The lowest BCUT2D eigenvalue weighted by atomic mass is 10.1. The third-order valence-corrected chi connectivity index (χ3v) is 4.99. The van der Waals surface area contributed by atoms with Crippen LogP contribution in [0.25, 0.3) is 11.3 Å². The Morgan fingerprint density at radius 1 is 1.07 bits per heavy atom. The van der Waals surface area contributed by atoms with Gasteiger partial charge in [-0.3, -0.25) is 4.99 Å². The highest BCUT2D eigenvalue weighted by Crippen LogP contribution is 2.27. The summed E-state index contributed by atoms with van der Waals surface area (Å²) in [6.45, 7) is 3.31. The van der Waals surface area contributed by atoms with E-state index in [0.29, 0.717) is 17.1 Å². The van der Waals surface area contributed by atoms with Crippen molar-refractivity contribution < 1.29 is 19.1 Å². The second-order valence-electron chi connectivity index (χ2n) is 6.58. The molecule has 0 spiro atoms. The Morgan fingerprint density at radius 3 is 2.52 bits per heavy atom. The fourth-order valence-corrected chi connectivity index (χ4v) is 3.39. The van der Waals surface area contributed by atoms with Gasteiger partial charge in [-0.1, -0.05) is 17.7 Å². The third kappa shape index (κ3) is 4.50. The number of anilines is 1. The van der Waals surface area contributed by atoms with Crippen LogP contribution < -0.4 is 4.90 Å². The maximum Gasteiger partial charge on any atom is 0.337 e. The van der Waals surface area contributed by atoms with Gasteiger partial charge in [-0.15, -0.1) is 0 Å². The molecule has 1 saturated heterocycles. The molecule has 1 aliphatic heterocycles. The Labute approximate surface area is 173 Å². The summed E-state index contributed by atoms with van der Waals surface area (Å²) in [5.41, 5.74) is 2.75. The summed E-state index contributed by atoms with van der Waals surface area (Å²) in [5.74, 6) is 0.122. The predicted octanol–water partition coefficient (Wildman–Crippen LogP) is 4.89. The normalized spacial score (nSPS) is 14.4. The predicted molar refractivity (Wildman–Crippen MR) is 113 cm³/mol. The van der Waals surface area contributed by atoms with Crippen molar-refractivity contribution in [1.29, 1.82) is 0 Å². The number of carbonyl (C=O) groups is 1. The summed E-state index contributed by atoms with van der Waals surface area (Å²) in [4.78, 5) is 17.8. The first kappa shape index (κ1) is 19.2. The number of hydrogen-bond acceptors (Lipinski definition) is 5. The third-order valence-electron chi connectivity index (χ3n) is 4.68. The molecule has 148 valence electrons. The number of carboxylic acids is 1. The molecule has 29 heavy (non-hydrogen) atoms. The molecule has 7 heteroatoms. The zero-order chi connectivity index (χ0) is 20.2. The fraction of sp³-hybridized carbons (Fsp3) is 0.182. The summed E-state index contributed by atoms with van der Waals surface area (Å²) in [7, 11) is 0. The number of benzene rings is 2. The molecule has 0 atom stereocenters. The van der Waals surface area contributed by atoms with Gasteiger partial charge in [0.05, 0.1) is 35.7 Å². The monoisotopic (exact) mass is 410 g/mol. The number of morpholine rings is 1. The van der Waals surface area contributed by atoms with E-state index in [-0.39, 0.29) is 10.6 Å². The number of furan rings is 1. The van der Waals surface area contributed by atoms with E-state index in [1.807, 2.05) is 12.1 Å². The van der Waals surface area contributed by atoms with Gasteiger partial charge < -0.3 is 19.2 Å². The number of rotatable bonds is 5. The first-order chi connectivity index (χ1) is 14.1. The number of carboxylic acid groups (broad SMARTS) is 1. The van der Waals surface area contributed by atoms with E-state index in [1.54, 1.807) is 30.5 Å². The summed E-state index contributed by atoms with van der Waals surface area (Å²) < 4.78 is 11.2. The molecule has 1 fully saturated rings. The van der Waals surface area contributed by atoms with Crippen LogP contribution in [-0.4, -0.2) is 43.6 Å². The van der Waals surface area contributed by atoms with E-state index in [0.717, 1.165) is 37.7 Å². The van der Waals surface area contributed by atoms with Crippen molar-refractivity contribution in [2.24, 2.45) is 4.99 Å². The summed E-state index contributed by atoms with van der Waals surface area (Å²) in [6.07, 6.45) is 1.65. The molecule has 0 amide bonds. The van der Waals surface area contributed by atoms with Crippen molar-refractivity contribution >= 4 is 35.2 Å². The molecule has 0 unspecified atom stereocenters. The number of nitrogens with zero attached hydrogens (tertiary/aromatic N) is 2. The molecule has 3 aromatic rings. The second kappa shape index (κ2) is 8.51. The molecule has 1 aromatic heterocycles. The average molecular weight is 411 g/mol. The maximum atomic E-state index is 11.1. The molecule has 1 aliphatic rings.